The van der Waals surface area contributed by atoms with E-state index in [2.05, 4.69) is 4.98 Å². The first-order valence-electron chi connectivity index (χ1n) is 5.03. The fourth-order valence-electron chi connectivity index (χ4n) is 1.37. The summed E-state index contributed by atoms with van der Waals surface area (Å²) in [6, 6.07) is 6.99. The van der Waals surface area contributed by atoms with Crippen molar-refractivity contribution in [3.8, 4) is 11.5 Å². The highest BCUT2D eigenvalue weighted by atomic mass is 35.5. The molecule has 4 heteroatoms. The van der Waals surface area contributed by atoms with E-state index in [-0.39, 0.29) is 0 Å². The van der Waals surface area contributed by atoms with Crippen molar-refractivity contribution in [2.24, 2.45) is 0 Å². The highest BCUT2D eigenvalue weighted by Crippen LogP contribution is 2.25. The number of aldehydes is 1. The summed E-state index contributed by atoms with van der Waals surface area (Å²) in [5.74, 6) is 1.19. The van der Waals surface area contributed by atoms with Crippen molar-refractivity contribution in [2.45, 2.75) is 6.92 Å². The van der Waals surface area contributed by atoms with Gasteiger partial charge in [0.1, 0.15) is 11.5 Å². The largest absolute Gasteiger partial charge is 0.456 e. The number of benzene rings is 1. The van der Waals surface area contributed by atoms with E-state index in [1.807, 2.05) is 13.0 Å². The molecule has 0 aliphatic rings. The average molecular weight is 248 g/mol. The van der Waals surface area contributed by atoms with E-state index in [0.717, 1.165) is 11.8 Å². The van der Waals surface area contributed by atoms with Gasteiger partial charge >= 0.3 is 0 Å². The molecule has 1 aromatic heterocycles. The van der Waals surface area contributed by atoms with Crippen LogP contribution in [0.25, 0.3) is 0 Å². The Kier molecular flexibility index (Phi) is 3.40. The Morgan fingerprint density at radius 3 is 2.76 bits per heavy atom. The van der Waals surface area contributed by atoms with Crippen molar-refractivity contribution in [1.29, 1.82) is 0 Å². The normalized spacial score (nSPS) is 10.0. The molecule has 0 radical (unpaired) electrons. The predicted molar refractivity (Wildman–Crippen MR) is 65.9 cm³/mol. The Bertz CT molecular complexity index is 555. The molecule has 2 aromatic rings. The van der Waals surface area contributed by atoms with Gasteiger partial charge in [-0.2, -0.15) is 0 Å². The zero-order chi connectivity index (χ0) is 12.3. The van der Waals surface area contributed by atoms with Crippen LogP contribution in [0.2, 0.25) is 5.02 Å². The number of carbonyl (C=O) groups excluding carboxylic acids is 1. The standard InChI is InChI=1S/C13H10ClNO2/c1-9-4-11(2-3-13(9)14)17-12-5-10(8-16)6-15-7-12/h2-8H,1H3. The molecule has 0 spiro atoms. The smallest absolute Gasteiger partial charge is 0.151 e. The van der Waals surface area contributed by atoms with Gasteiger partial charge in [-0.1, -0.05) is 11.6 Å². The minimum atomic E-state index is 0.480. The number of hydrogen-bond donors (Lipinski definition) is 0. The van der Waals surface area contributed by atoms with Crippen LogP contribution in [0.5, 0.6) is 11.5 Å². The minimum absolute atomic E-state index is 0.480. The van der Waals surface area contributed by atoms with Gasteiger partial charge in [0.15, 0.2) is 6.29 Å². The second-order valence-corrected chi connectivity index (χ2v) is 3.99. The molecular weight excluding hydrogens is 238 g/mol. The second-order valence-electron chi connectivity index (χ2n) is 3.58. The second kappa shape index (κ2) is 4.97. The third-order valence-electron chi connectivity index (χ3n) is 2.24. The monoisotopic (exact) mass is 247 g/mol. The van der Waals surface area contributed by atoms with Gasteiger partial charge in [-0.3, -0.25) is 9.78 Å². The predicted octanol–water partition coefficient (Wildman–Crippen LogP) is 3.65. The lowest BCUT2D eigenvalue weighted by Gasteiger charge is -2.07. The maximum atomic E-state index is 10.6. The Balaban J connectivity index is 2.24. The number of hydrogen-bond acceptors (Lipinski definition) is 3. The molecule has 3 nitrogen and oxygen atoms in total. The summed E-state index contributed by atoms with van der Waals surface area (Å²) in [4.78, 5) is 14.5. The van der Waals surface area contributed by atoms with Crippen LogP contribution in [-0.4, -0.2) is 11.3 Å². The molecule has 0 bridgehead atoms. The van der Waals surface area contributed by atoms with Crippen LogP contribution in [0.1, 0.15) is 15.9 Å². The van der Waals surface area contributed by atoms with E-state index in [1.54, 1.807) is 24.4 Å². The zero-order valence-corrected chi connectivity index (χ0v) is 9.94. The van der Waals surface area contributed by atoms with Crippen molar-refractivity contribution >= 4 is 17.9 Å². The van der Waals surface area contributed by atoms with Crippen molar-refractivity contribution in [3.63, 3.8) is 0 Å². The number of nitrogens with zero attached hydrogens (tertiary/aromatic N) is 1. The Morgan fingerprint density at radius 2 is 2.06 bits per heavy atom. The van der Waals surface area contributed by atoms with Crippen LogP contribution in [0, 0.1) is 6.92 Å². The van der Waals surface area contributed by atoms with E-state index in [0.29, 0.717) is 22.1 Å². The molecule has 1 heterocycles. The third-order valence-corrected chi connectivity index (χ3v) is 2.66. The lowest BCUT2D eigenvalue weighted by atomic mass is 10.2. The van der Waals surface area contributed by atoms with Crippen LogP contribution in [0.3, 0.4) is 0 Å². The lowest BCUT2D eigenvalue weighted by molar-refractivity contribution is 0.112. The third kappa shape index (κ3) is 2.82. The van der Waals surface area contributed by atoms with Gasteiger partial charge < -0.3 is 4.74 Å². The van der Waals surface area contributed by atoms with Gasteiger partial charge in [0.05, 0.1) is 6.20 Å². The molecule has 0 atom stereocenters. The Morgan fingerprint density at radius 1 is 1.24 bits per heavy atom. The molecule has 0 saturated carbocycles. The fourth-order valence-corrected chi connectivity index (χ4v) is 1.49. The van der Waals surface area contributed by atoms with Crippen LogP contribution in [-0.2, 0) is 0 Å². The first-order chi connectivity index (χ1) is 8.19. The number of rotatable bonds is 3. The molecule has 0 aliphatic carbocycles. The highest BCUT2D eigenvalue weighted by molar-refractivity contribution is 6.31. The zero-order valence-electron chi connectivity index (χ0n) is 9.18. The molecule has 0 fully saturated rings. The van der Waals surface area contributed by atoms with Gasteiger partial charge in [-0.15, -0.1) is 0 Å². The summed E-state index contributed by atoms with van der Waals surface area (Å²) in [5.41, 5.74) is 1.41. The molecule has 0 aliphatic heterocycles. The van der Waals surface area contributed by atoms with E-state index < -0.39 is 0 Å². The molecule has 1 aromatic carbocycles. The minimum Gasteiger partial charge on any atom is -0.456 e. The van der Waals surface area contributed by atoms with Gasteiger partial charge in [0.2, 0.25) is 0 Å². The summed E-state index contributed by atoms with van der Waals surface area (Å²) in [6.07, 6.45) is 3.76. The highest BCUT2D eigenvalue weighted by Gasteiger charge is 2.01. The van der Waals surface area contributed by atoms with Gasteiger partial charge in [0, 0.05) is 16.8 Å². The van der Waals surface area contributed by atoms with Crippen LogP contribution in [0.15, 0.2) is 36.7 Å². The Hall–Kier alpha value is -1.87. The van der Waals surface area contributed by atoms with Gasteiger partial charge in [-0.05, 0) is 36.8 Å². The summed E-state index contributed by atoms with van der Waals surface area (Å²) in [7, 11) is 0. The topological polar surface area (TPSA) is 39.2 Å². The summed E-state index contributed by atoms with van der Waals surface area (Å²) >= 11 is 5.92. The van der Waals surface area contributed by atoms with Crippen LogP contribution < -0.4 is 4.74 Å². The molecule has 0 N–H and O–H groups in total. The van der Waals surface area contributed by atoms with Crippen LogP contribution >= 0.6 is 11.6 Å². The van der Waals surface area contributed by atoms with Crippen molar-refractivity contribution < 1.29 is 9.53 Å². The van der Waals surface area contributed by atoms with Gasteiger partial charge in [-0.25, -0.2) is 0 Å². The van der Waals surface area contributed by atoms with Crippen molar-refractivity contribution in [3.05, 3.63) is 52.8 Å². The summed E-state index contributed by atoms with van der Waals surface area (Å²) < 4.78 is 5.58. The molecule has 0 saturated heterocycles. The van der Waals surface area contributed by atoms with Crippen molar-refractivity contribution in [2.75, 3.05) is 0 Å². The average Bonchev–Trinajstić information content (AvgIpc) is 2.34. The summed E-state index contributed by atoms with van der Waals surface area (Å²) in [6.45, 7) is 1.90. The van der Waals surface area contributed by atoms with Gasteiger partial charge in [0.25, 0.3) is 0 Å². The number of aromatic nitrogens is 1. The molecular formula is C13H10ClNO2. The molecule has 0 amide bonds. The SMILES string of the molecule is Cc1cc(Oc2cncc(C=O)c2)ccc1Cl. The quantitative estimate of drug-likeness (QED) is 0.777. The fraction of sp³-hybridized carbons (Fsp3) is 0.0769. The van der Waals surface area contributed by atoms with E-state index in [9.17, 15) is 4.79 Å². The van der Waals surface area contributed by atoms with E-state index >= 15 is 0 Å². The summed E-state index contributed by atoms with van der Waals surface area (Å²) in [5, 5.41) is 0.692. The number of carbonyl (C=O) groups is 1. The molecule has 2 rings (SSSR count). The molecule has 0 unspecified atom stereocenters. The first-order valence-corrected chi connectivity index (χ1v) is 5.41. The number of halogens is 1. The maximum Gasteiger partial charge on any atom is 0.151 e. The van der Waals surface area contributed by atoms with E-state index in [4.69, 9.17) is 16.3 Å². The maximum absolute atomic E-state index is 10.6. The van der Waals surface area contributed by atoms with E-state index in [1.165, 1.54) is 6.20 Å². The first kappa shape index (κ1) is 11.6. The number of ether oxygens (including phenoxy) is 1. The molecule has 17 heavy (non-hydrogen) atoms. The number of pyridine rings is 1. The van der Waals surface area contributed by atoms with Crippen LogP contribution in [0.4, 0.5) is 0 Å². The molecule has 86 valence electrons. The Labute approximate surface area is 104 Å². The lowest BCUT2D eigenvalue weighted by Crippen LogP contribution is -1.89. The van der Waals surface area contributed by atoms with Crippen molar-refractivity contribution in [1.82, 2.24) is 4.98 Å². The number of aryl methyl sites for hydroxylation is 1.